The number of thiazole rings is 1. The van der Waals surface area contributed by atoms with Gasteiger partial charge < -0.3 is 14.6 Å². The van der Waals surface area contributed by atoms with Gasteiger partial charge in [0.1, 0.15) is 0 Å². The number of thiocarbonyl (C=S) groups is 1. The highest BCUT2D eigenvalue weighted by molar-refractivity contribution is 7.80. The molecule has 0 unspecified atom stereocenters. The maximum absolute atomic E-state index is 6.23. The Morgan fingerprint density at radius 1 is 1.48 bits per heavy atom. The Bertz CT molecular complexity index is 735. The number of aromatic nitrogens is 1. The van der Waals surface area contributed by atoms with E-state index in [1.165, 1.54) is 0 Å². The molecule has 2 heterocycles. The van der Waals surface area contributed by atoms with E-state index in [9.17, 15) is 0 Å². The quantitative estimate of drug-likeness (QED) is 0.843. The average Bonchev–Trinajstić information content (AvgIpc) is 3.20. The van der Waals surface area contributed by atoms with Crippen molar-refractivity contribution in [2.24, 2.45) is 4.99 Å². The minimum Gasteiger partial charge on any atom is -0.376 e. The molecule has 2 aromatic rings. The highest BCUT2D eigenvalue weighted by Gasteiger charge is 2.15. The van der Waals surface area contributed by atoms with Gasteiger partial charge in [-0.1, -0.05) is 29.8 Å². The largest absolute Gasteiger partial charge is 0.376 e. The lowest BCUT2D eigenvalue weighted by atomic mass is 10.2. The van der Waals surface area contributed by atoms with Gasteiger partial charge in [0.2, 0.25) is 0 Å². The molecule has 4 nitrogen and oxygen atoms in total. The van der Waals surface area contributed by atoms with Gasteiger partial charge in [0.25, 0.3) is 0 Å². The lowest BCUT2D eigenvalue weighted by Crippen LogP contribution is -2.31. The smallest absolute Gasteiger partial charge is 0.195 e. The van der Waals surface area contributed by atoms with Gasteiger partial charge in [-0.05, 0) is 36.7 Å². The average molecular weight is 368 g/mol. The van der Waals surface area contributed by atoms with Crippen molar-refractivity contribution in [1.82, 2.24) is 9.88 Å². The molecular weight excluding hydrogens is 350 g/mol. The highest BCUT2D eigenvalue weighted by Crippen LogP contribution is 2.15. The number of benzene rings is 1. The first-order valence-electron chi connectivity index (χ1n) is 7.54. The first-order chi connectivity index (χ1) is 11.2. The van der Waals surface area contributed by atoms with E-state index in [-0.39, 0.29) is 6.10 Å². The van der Waals surface area contributed by atoms with Gasteiger partial charge in [-0.25, -0.2) is 0 Å². The molecule has 1 aliphatic rings. The molecule has 1 atom stereocenters. The maximum Gasteiger partial charge on any atom is 0.195 e. The van der Waals surface area contributed by atoms with Gasteiger partial charge in [0, 0.05) is 29.8 Å². The van der Waals surface area contributed by atoms with Crippen molar-refractivity contribution >= 4 is 40.3 Å². The Balaban J connectivity index is 1.67. The van der Waals surface area contributed by atoms with Gasteiger partial charge in [-0.2, -0.15) is 4.99 Å². The van der Waals surface area contributed by atoms with E-state index < -0.39 is 0 Å². The SMILES string of the molecule is S=C(N=c1sccn1Cc1ccccc1Cl)NC[C@@H]1CCCO1. The number of nitrogens with zero attached hydrogens (tertiary/aromatic N) is 2. The maximum atomic E-state index is 6.23. The Morgan fingerprint density at radius 3 is 3.13 bits per heavy atom. The van der Waals surface area contributed by atoms with E-state index in [0.29, 0.717) is 11.7 Å². The normalized spacial score (nSPS) is 18.3. The number of nitrogens with one attached hydrogen (secondary N) is 1. The van der Waals surface area contributed by atoms with E-state index in [4.69, 9.17) is 28.6 Å². The second-order valence-electron chi connectivity index (χ2n) is 5.34. The molecule has 0 bridgehead atoms. The molecule has 23 heavy (non-hydrogen) atoms. The fourth-order valence-corrected chi connectivity index (χ4v) is 3.61. The Morgan fingerprint density at radius 2 is 2.35 bits per heavy atom. The first kappa shape index (κ1) is 16.6. The van der Waals surface area contributed by atoms with Crippen molar-refractivity contribution in [3.05, 3.63) is 51.2 Å². The molecule has 0 spiro atoms. The third kappa shape index (κ3) is 4.64. The standard InChI is InChI=1S/C16H18ClN3OS2/c17-14-6-2-1-4-12(14)11-20-7-9-23-16(20)19-15(22)18-10-13-5-3-8-21-13/h1-2,4,6-7,9,13H,3,5,8,10-11H2,(H,18,22)/t13-/m0/s1. The van der Waals surface area contributed by atoms with Crippen molar-refractivity contribution in [3.8, 4) is 0 Å². The summed E-state index contributed by atoms with van der Waals surface area (Å²) in [5, 5.41) is 6.43. The molecule has 0 aliphatic carbocycles. The third-order valence-corrected chi connectivity index (χ3v) is 5.06. The van der Waals surface area contributed by atoms with E-state index in [1.54, 1.807) is 11.3 Å². The van der Waals surface area contributed by atoms with E-state index in [2.05, 4.69) is 10.3 Å². The van der Waals surface area contributed by atoms with Crippen molar-refractivity contribution in [2.75, 3.05) is 13.2 Å². The van der Waals surface area contributed by atoms with Crippen LogP contribution in [-0.4, -0.2) is 28.9 Å². The molecule has 122 valence electrons. The molecule has 1 aromatic carbocycles. The van der Waals surface area contributed by atoms with Gasteiger partial charge in [0.05, 0.1) is 12.6 Å². The van der Waals surface area contributed by atoms with Gasteiger partial charge in [0.15, 0.2) is 9.91 Å². The summed E-state index contributed by atoms with van der Waals surface area (Å²) >= 11 is 13.1. The van der Waals surface area contributed by atoms with Gasteiger partial charge in [-0.3, -0.25) is 0 Å². The highest BCUT2D eigenvalue weighted by atomic mass is 35.5. The zero-order valence-corrected chi connectivity index (χ0v) is 15.0. The molecule has 3 rings (SSSR count). The van der Waals surface area contributed by atoms with Crippen LogP contribution in [0, 0.1) is 0 Å². The second kappa shape index (κ2) is 8.06. The molecule has 1 N–H and O–H groups in total. The number of hydrogen-bond donors (Lipinski definition) is 1. The Kier molecular flexibility index (Phi) is 5.83. The minimum absolute atomic E-state index is 0.252. The van der Waals surface area contributed by atoms with Crippen LogP contribution in [0.1, 0.15) is 18.4 Å². The summed E-state index contributed by atoms with van der Waals surface area (Å²) in [5.74, 6) is 0. The van der Waals surface area contributed by atoms with E-state index in [0.717, 1.165) is 41.4 Å². The summed E-state index contributed by atoms with van der Waals surface area (Å²) in [5.41, 5.74) is 1.06. The van der Waals surface area contributed by atoms with Crippen LogP contribution in [0.25, 0.3) is 0 Å². The van der Waals surface area contributed by atoms with Crippen LogP contribution in [0.15, 0.2) is 40.8 Å². The topological polar surface area (TPSA) is 38.5 Å². The summed E-state index contributed by atoms with van der Waals surface area (Å²) in [7, 11) is 0. The van der Waals surface area contributed by atoms with Crippen molar-refractivity contribution in [1.29, 1.82) is 0 Å². The fraction of sp³-hybridized carbons (Fsp3) is 0.375. The Hall–Kier alpha value is -1.21. The predicted molar refractivity (Wildman–Crippen MR) is 98.0 cm³/mol. The zero-order valence-electron chi connectivity index (χ0n) is 12.6. The number of ether oxygens (including phenoxy) is 1. The zero-order chi connectivity index (χ0) is 16.1. The molecule has 1 aromatic heterocycles. The van der Waals surface area contributed by atoms with Crippen molar-refractivity contribution < 1.29 is 4.74 Å². The molecule has 1 fully saturated rings. The van der Waals surface area contributed by atoms with Crippen LogP contribution >= 0.6 is 35.2 Å². The summed E-state index contributed by atoms with van der Waals surface area (Å²) in [6.07, 6.45) is 4.46. The molecule has 1 saturated heterocycles. The molecule has 0 amide bonds. The van der Waals surface area contributed by atoms with Crippen molar-refractivity contribution in [3.63, 3.8) is 0 Å². The number of rotatable bonds is 4. The first-order valence-corrected chi connectivity index (χ1v) is 9.20. The van der Waals surface area contributed by atoms with Crippen LogP contribution in [0.2, 0.25) is 5.02 Å². The molecule has 1 aliphatic heterocycles. The summed E-state index contributed by atoms with van der Waals surface area (Å²) < 4.78 is 7.62. The van der Waals surface area contributed by atoms with Crippen LogP contribution in [0.4, 0.5) is 0 Å². The van der Waals surface area contributed by atoms with Gasteiger partial charge >= 0.3 is 0 Å². The second-order valence-corrected chi connectivity index (χ2v) is 7.00. The molecule has 0 saturated carbocycles. The van der Waals surface area contributed by atoms with Crippen molar-refractivity contribution in [2.45, 2.75) is 25.5 Å². The monoisotopic (exact) mass is 367 g/mol. The summed E-state index contributed by atoms with van der Waals surface area (Å²) in [4.78, 5) is 5.37. The third-order valence-electron chi connectivity index (χ3n) is 3.66. The molecule has 0 radical (unpaired) electrons. The Labute approximate surface area is 149 Å². The molecule has 7 heteroatoms. The lowest BCUT2D eigenvalue weighted by molar-refractivity contribution is 0.114. The number of hydrogen-bond acceptors (Lipinski definition) is 3. The predicted octanol–water partition coefficient (Wildman–Crippen LogP) is 3.21. The summed E-state index contributed by atoms with van der Waals surface area (Å²) in [6, 6.07) is 7.83. The van der Waals surface area contributed by atoms with E-state index in [1.807, 2.05) is 40.4 Å². The van der Waals surface area contributed by atoms with Crippen LogP contribution in [0.5, 0.6) is 0 Å². The minimum atomic E-state index is 0.252. The summed E-state index contributed by atoms with van der Waals surface area (Å²) in [6.45, 7) is 2.24. The lowest BCUT2D eigenvalue weighted by Gasteiger charge is -2.10. The van der Waals surface area contributed by atoms with Crippen LogP contribution < -0.4 is 10.1 Å². The van der Waals surface area contributed by atoms with Gasteiger partial charge in [-0.15, -0.1) is 11.3 Å². The molecular formula is C16H18ClN3OS2. The fourth-order valence-electron chi connectivity index (χ4n) is 2.45. The van der Waals surface area contributed by atoms with Crippen LogP contribution in [0.3, 0.4) is 0 Å². The van der Waals surface area contributed by atoms with Crippen LogP contribution in [-0.2, 0) is 11.3 Å². The van der Waals surface area contributed by atoms with E-state index >= 15 is 0 Å². The number of halogens is 1.